The van der Waals surface area contributed by atoms with Crippen molar-refractivity contribution in [1.29, 1.82) is 0 Å². The molecule has 0 saturated carbocycles. The number of ether oxygens (including phenoxy) is 2. The highest BCUT2D eigenvalue weighted by molar-refractivity contribution is 6.02. The number of rotatable bonds is 4. The summed E-state index contributed by atoms with van der Waals surface area (Å²) in [6, 6.07) is 14.2. The van der Waals surface area contributed by atoms with E-state index in [9.17, 15) is 15.0 Å². The Morgan fingerprint density at radius 3 is 2.43 bits per heavy atom. The van der Waals surface area contributed by atoms with Crippen LogP contribution in [0.15, 0.2) is 48.5 Å². The predicted molar refractivity (Wildman–Crippen MR) is 83.3 cm³/mol. The molecule has 0 saturated heterocycles. The van der Waals surface area contributed by atoms with Gasteiger partial charge in [-0.05, 0) is 23.3 Å². The Morgan fingerprint density at radius 2 is 1.74 bits per heavy atom. The zero-order valence-corrected chi connectivity index (χ0v) is 12.7. The van der Waals surface area contributed by atoms with Crippen molar-refractivity contribution in [2.75, 3.05) is 7.11 Å². The van der Waals surface area contributed by atoms with Crippen molar-refractivity contribution in [3.05, 3.63) is 65.2 Å². The van der Waals surface area contributed by atoms with E-state index in [1.807, 2.05) is 24.3 Å². The Kier molecular flexibility index (Phi) is 4.43. The number of Topliss-reactive ketones (excluding diaryl/α,β-unsaturated/α-hetero) is 1. The maximum Gasteiger partial charge on any atom is 0.194 e. The van der Waals surface area contributed by atoms with Gasteiger partial charge in [0.1, 0.15) is 24.1 Å². The summed E-state index contributed by atoms with van der Waals surface area (Å²) in [5, 5.41) is 20.1. The normalized spacial score (nSPS) is 23.4. The molecule has 120 valence electrons. The Bertz CT molecular complexity index is 695. The molecule has 1 aliphatic rings. The molecule has 3 atom stereocenters. The number of benzene rings is 2. The van der Waals surface area contributed by atoms with Gasteiger partial charge < -0.3 is 19.7 Å². The van der Waals surface area contributed by atoms with Crippen LogP contribution >= 0.6 is 0 Å². The van der Waals surface area contributed by atoms with Crippen molar-refractivity contribution in [3.63, 3.8) is 0 Å². The zero-order chi connectivity index (χ0) is 16.4. The lowest BCUT2D eigenvalue weighted by molar-refractivity contribution is -0.0923. The molecule has 3 rings (SSSR count). The highest BCUT2D eigenvalue weighted by Gasteiger charge is 2.40. The smallest absolute Gasteiger partial charge is 0.194 e. The number of aliphatic hydroxyl groups is 2. The molecule has 5 heteroatoms. The fourth-order valence-electron chi connectivity index (χ4n) is 2.73. The van der Waals surface area contributed by atoms with Crippen molar-refractivity contribution < 1.29 is 24.5 Å². The average molecular weight is 314 g/mol. The standard InChI is InChI=1S/C18H18O5/c1-22-12-8-6-11(7-9-12)10-23-18-14-5-3-2-4-13(14)15(19)16(20)17(18)21/h2-9,16-18,20-21H,10H2,1H3/t16-,17-,18-/m1/s1. The summed E-state index contributed by atoms with van der Waals surface area (Å²) in [4.78, 5) is 12.0. The molecule has 0 amide bonds. The number of aliphatic hydroxyl groups excluding tert-OH is 2. The molecule has 0 spiro atoms. The van der Waals surface area contributed by atoms with Gasteiger partial charge in [0.2, 0.25) is 0 Å². The molecule has 0 aromatic heterocycles. The first-order valence-electron chi connectivity index (χ1n) is 7.35. The van der Waals surface area contributed by atoms with Crippen LogP contribution in [-0.2, 0) is 11.3 Å². The van der Waals surface area contributed by atoms with Gasteiger partial charge in [-0.1, -0.05) is 36.4 Å². The number of carbonyl (C=O) groups excluding carboxylic acids is 1. The summed E-state index contributed by atoms with van der Waals surface area (Å²) in [6.07, 6.45) is -3.50. The molecule has 0 aliphatic heterocycles. The molecular weight excluding hydrogens is 296 g/mol. The first-order chi connectivity index (χ1) is 11.1. The molecule has 0 heterocycles. The SMILES string of the molecule is COc1ccc(CO[C@@H]2c3ccccc3C(=O)[C@@H](O)[C@H]2O)cc1. The number of hydrogen-bond acceptors (Lipinski definition) is 5. The molecule has 0 fully saturated rings. The second-order valence-corrected chi connectivity index (χ2v) is 5.47. The fraction of sp³-hybridized carbons (Fsp3) is 0.278. The van der Waals surface area contributed by atoms with Crippen molar-refractivity contribution in [3.8, 4) is 5.75 Å². The molecule has 0 radical (unpaired) electrons. The van der Waals surface area contributed by atoms with Crippen LogP contribution in [0.3, 0.4) is 0 Å². The van der Waals surface area contributed by atoms with Gasteiger partial charge in [0.15, 0.2) is 5.78 Å². The van der Waals surface area contributed by atoms with Crippen LogP contribution < -0.4 is 4.74 Å². The number of carbonyl (C=O) groups is 1. The van der Waals surface area contributed by atoms with E-state index in [0.29, 0.717) is 11.1 Å². The molecular formula is C18H18O5. The Morgan fingerprint density at radius 1 is 1.04 bits per heavy atom. The van der Waals surface area contributed by atoms with Gasteiger partial charge in [0.25, 0.3) is 0 Å². The van der Waals surface area contributed by atoms with Crippen LogP contribution in [0.4, 0.5) is 0 Å². The molecule has 2 N–H and O–H groups in total. The summed E-state index contributed by atoms with van der Waals surface area (Å²) in [6.45, 7) is 0.251. The first kappa shape index (κ1) is 15.7. The van der Waals surface area contributed by atoms with E-state index in [4.69, 9.17) is 9.47 Å². The van der Waals surface area contributed by atoms with Gasteiger partial charge >= 0.3 is 0 Å². The van der Waals surface area contributed by atoms with Crippen molar-refractivity contribution in [2.45, 2.75) is 24.9 Å². The van der Waals surface area contributed by atoms with Crippen LogP contribution in [0.2, 0.25) is 0 Å². The van der Waals surface area contributed by atoms with Gasteiger partial charge in [-0.3, -0.25) is 4.79 Å². The second-order valence-electron chi connectivity index (χ2n) is 5.47. The third-order valence-electron chi connectivity index (χ3n) is 4.02. The topological polar surface area (TPSA) is 76.0 Å². The minimum Gasteiger partial charge on any atom is -0.497 e. The third-order valence-corrected chi connectivity index (χ3v) is 4.02. The van der Waals surface area contributed by atoms with E-state index in [-0.39, 0.29) is 6.61 Å². The number of methoxy groups -OCH3 is 1. The molecule has 2 aromatic rings. The number of ketones is 1. The predicted octanol–water partition coefficient (Wildman–Crippen LogP) is 1.87. The lowest BCUT2D eigenvalue weighted by Gasteiger charge is -2.32. The quantitative estimate of drug-likeness (QED) is 0.901. The van der Waals surface area contributed by atoms with Crippen molar-refractivity contribution in [1.82, 2.24) is 0 Å². The molecule has 1 aliphatic carbocycles. The van der Waals surface area contributed by atoms with E-state index >= 15 is 0 Å². The van der Waals surface area contributed by atoms with Crippen LogP contribution in [0.25, 0.3) is 0 Å². The summed E-state index contributed by atoms with van der Waals surface area (Å²) >= 11 is 0. The van der Waals surface area contributed by atoms with E-state index < -0.39 is 24.1 Å². The van der Waals surface area contributed by atoms with Crippen molar-refractivity contribution in [2.24, 2.45) is 0 Å². The van der Waals surface area contributed by atoms with E-state index in [2.05, 4.69) is 0 Å². The second kappa shape index (κ2) is 6.50. The summed E-state index contributed by atoms with van der Waals surface area (Å²) in [5.41, 5.74) is 1.90. The third kappa shape index (κ3) is 2.99. The maximum atomic E-state index is 12.0. The molecule has 23 heavy (non-hydrogen) atoms. The average Bonchev–Trinajstić information content (AvgIpc) is 2.60. The van der Waals surface area contributed by atoms with Gasteiger partial charge in [-0.25, -0.2) is 0 Å². The molecule has 0 unspecified atom stereocenters. The Hall–Kier alpha value is -2.21. The maximum absolute atomic E-state index is 12.0. The van der Waals surface area contributed by atoms with Gasteiger partial charge in [0.05, 0.1) is 13.7 Å². The highest BCUT2D eigenvalue weighted by Crippen LogP contribution is 2.33. The van der Waals surface area contributed by atoms with E-state index in [1.54, 1.807) is 31.4 Å². The lowest BCUT2D eigenvalue weighted by atomic mass is 9.84. The molecule has 0 bridgehead atoms. The van der Waals surface area contributed by atoms with Gasteiger partial charge in [-0.2, -0.15) is 0 Å². The monoisotopic (exact) mass is 314 g/mol. The van der Waals surface area contributed by atoms with E-state index in [1.165, 1.54) is 0 Å². The minimum absolute atomic E-state index is 0.251. The Balaban J connectivity index is 1.80. The van der Waals surface area contributed by atoms with Crippen LogP contribution in [0.1, 0.15) is 27.6 Å². The van der Waals surface area contributed by atoms with Gasteiger partial charge in [-0.15, -0.1) is 0 Å². The zero-order valence-electron chi connectivity index (χ0n) is 12.7. The largest absolute Gasteiger partial charge is 0.497 e. The molecule has 5 nitrogen and oxygen atoms in total. The van der Waals surface area contributed by atoms with Crippen LogP contribution in [-0.4, -0.2) is 35.3 Å². The number of fused-ring (bicyclic) bond motifs is 1. The number of hydrogen-bond donors (Lipinski definition) is 2. The Labute approximate surface area is 134 Å². The highest BCUT2D eigenvalue weighted by atomic mass is 16.5. The minimum atomic E-state index is -1.47. The van der Waals surface area contributed by atoms with Gasteiger partial charge in [0, 0.05) is 5.56 Å². The summed E-state index contributed by atoms with van der Waals surface area (Å²) in [5.74, 6) is 0.273. The first-order valence-corrected chi connectivity index (χ1v) is 7.35. The van der Waals surface area contributed by atoms with Crippen LogP contribution in [0, 0.1) is 0 Å². The van der Waals surface area contributed by atoms with E-state index in [0.717, 1.165) is 11.3 Å². The van der Waals surface area contributed by atoms with Crippen molar-refractivity contribution >= 4 is 5.78 Å². The fourth-order valence-corrected chi connectivity index (χ4v) is 2.73. The van der Waals surface area contributed by atoms with Crippen LogP contribution in [0.5, 0.6) is 5.75 Å². The summed E-state index contributed by atoms with van der Waals surface area (Å²) < 4.78 is 10.9. The lowest BCUT2D eigenvalue weighted by Crippen LogP contribution is -2.44. The molecule has 2 aromatic carbocycles. The summed E-state index contributed by atoms with van der Waals surface area (Å²) in [7, 11) is 1.60.